The number of aryl methyl sites for hydroxylation is 3. The van der Waals surface area contributed by atoms with Crippen molar-refractivity contribution in [2.75, 3.05) is 17.7 Å². The number of nitrogens with one attached hydrogen (secondary N) is 1. The Bertz CT molecular complexity index is 1090. The van der Waals surface area contributed by atoms with Crippen molar-refractivity contribution in [1.29, 1.82) is 0 Å². The summed E-state index contributed by atoms with van der Waals surface area (Å²) in [5, 5.41) is 12.1. The van der Waals surface area contributed by atoms with Crippen LogP contribution in [-0.4, -0.2) is 39.0 Å². The Balaban J connectivity index is 1.72. The van der Waals surface area contributed by atoms with Gasteiger partial charge in [-0.05, 0) is 51.8 Å². The molecule has 0 aliphatic carbocycles. The monoisotopic (exact) mass is 444 g/mol. The van der Waals surface area contributed by atoms with Crippen molar-refractivity contribution in [2.24, 2.45) is 0 Å². The molecule has 3 rings (SSSR count). The van der Waals surface area contributed by atoms with Gasteiger partial charge in [-0.2, -0.15) is 0 Å². The van der Waals surface area contributed by atoms with Gasteiger partial charge >= 0.3 is 5.97 Å². The first-order chi connectivity index (χ1) is 14.3. The Kier molecular flexibility index (Phi) is 6.94. The molecule has 2 heterocycles. The molecule has 1 N–H and O–H groups in total. The molecule has 0 radical (unpaired) electrons. The molecular formula is C21H24N4O3S2. The largest absolute Gasteiger partial charge is 0.462 e. The standard InChI is InChI=1S/C21H24N4O3S2/c1-6-28-20(27)18-14(4)15(5)30-19(18)23-17(26)10-29-21-24-22-11-25(21)16-8-7-12(2)9-13(16)3/h7-9,11H,6,10H2,1-5H3,(H,23,26). The molecule has 3 aromatic rings. The lowest BCUT2D eigenvalue weighted by Gasteiger charge is -2.10. The van der Waals surface area contributed by atoms with Crippen LogP contribution in [0, 0.1) is 27.7 Å². The highest BCUT2D eigenvalue weighted by Crippen LogP contribution is 2.33. The molecular weight excluding hydrogens is 420 g/mol. The number of thioether (sulfide) groups is 1. The molecule has 0 unspecified atom stereocenters. The van der Waals surface area contributed by atoms with Crippen LogP contribution in [0.5, 0.6) is 0 Å². The predicted octanol–water partition coefficient (Wildman–Crippen LogP) is 4.47. The third-order valence-electron chi connectivity index (χ3n) is 4.58. The van der Waals surface area contributed by atoms with E-state index in [1.54, 1.807) is 13.3 Å². The molecule has 7 nitrogen and oxygen atoms in total. The average molecular weight is 445 g/mol. The van der Waals surface area contributed by atoms with Crippen LogP contribution in [0.2, 0.25) is 0 Å². The molecule has 0 aliphatic heterocycles. The number of hydrogen-bond acceptors (Lipinski definition) is 7. The van der Waals surface area contributed by atoms with Gasteiger partial charge in [0.2, 0.25) is 5.91 Å². The van der Waals surface area contributed by atoms with Gasteiger partial charge in [-0.3, -0.25) is 9.36 Å². The number of carbonyl (C=O) groups excluding carboxylic acids is 2. The minimum atomic E-state index is -0.420. The van der Waals surface area contributed by atoms with Crippen LogP contribution in [-0.2, 0) is 9.53 Å². The molecule has 0 saturated heterocycles. The molecule has 1 amide bonds. The van der Waals surface area contributed by atoms with Gasteiger partial charge in [-0.1, -0.05) is 29.5 Å². The number of benzene rings is 1. The SMILES string of the molecule is CCOC(=O)c1c(NC(=O)CSc2nncn2-c2ccc(C)cc2C)sc(C)c1C. The number of aromatic nitrogens is 3. The number of thiophene rings is 1. The van der Waals surface area contributed by atoms with E-state index in [4.69, 9.17) is 4.74 Å². The third-order valence-corrected chi connectivity index (χ3v) is 6.64. The Morgan fingerprint density at radius 2 is 2.00 bits per heavy atom. The maximum atomic E-state index is 12.6. The Labute approximate surface area is 183 Å². The lowest BCUT2D eigenvalue weighted by atomic mass is 10.1. The van der Waals surface area contributed by atoms with Crippen LogP contribution in [0.25, 0.3) is 5.69 Å². The van der Waals surface area contributed by atoms with Gasteiger partial charge in [0.1, 0.15) is 11.3 Å². The maximum Gasteiger partial charge on any atom is 0.341 e. The molecule has 9 heteroatoms. The second-order valence-corrected chi connectivity index (χ2v) is 8.99. The van der Waals surface area contributed by atoms with Gasteiger partial charge in [-0.15, -0.1) is 21.5 Å². The summed E-state index contributed by atoms with van der Waals surface area (Å²) in [4.78, 5) is 25.8. The highest BCUT2D eigenvalue weighted by molar-refractivity contribution is 7.99. The highest BCUT2D eigenvalue weighted by Gasteiger charge is 2.22. The number of nitrogens with zero attached hydrogens (tertiary/aromatic N) is 3. The number of ether oxygens (including phenoxy) is 1. The summed E-state index contributed by atoms with van der Waals surface area (Å²) in [6.45, 7) is 9.88. The molecule has 0 spiro atoms. The lowest BCUT2D eigenvalue weighted by molar-refractivity contribution is -0.113. The van der Waals surface area contributed by atoms with Crippen LogP contribution in [0.15, 0.2) is 29.7 Å². The van der Waals surface area contributed by atoms with E-state index >= 15 is 0 Å². The van der Waals surface area contributed by atoms with E-state index in [1.807, 2.05) is 44.4 Å². The van der Waals surface area contributed by atoms with Gasteiger partial charge in [0, 0.05) is 4.88 Å². The average Bonchev–Trinajstić information content (AvgIpc) is 3.25. The number of carbonyl (C=O) groups is 2. The molecule has 0 atom stereocenters. The van der Waals surface area contributed by atoms with E-state index in [2.05, 4.69) is 21.6 Å². The van der Waals surface area contributed by atoms with Crippen LogP contribution in [0.3, 0.4) is 0 Å². The summed E-state index contributed by atoms with van der Waals surface area (Å²) < 4.78 is 7.01. The third kappa shape index (κ3) is 4.73. The van der Waals surface area contributed by atoms with Crippen LogP contribution >= 0.6 is 23.1 Å². The van der Waals surface area contributed by atoms with E-state index in [0.717, 1.165) is 21.7 Å². The van der Waals surface area contributed by atoms with E-state index < -0.39 is 5.97 Å². The molecule has 1 aromatic carbocycles. The molecule has 30 heavy (non-hydrogen) atoms. The van der Waals surface area contributed by atoms with Crippen LogP contribution < -0.4 is 5.32 Å². The topological polar surface area (TPSA) is 86.1 Å². The molecule has 0 aliphatic rings. The van der Waals surface area contributed by atoms with Gasteiger partial charge in [0.05, 0.1) is 23.6 Å². The van der Waals surface area contributed by atoms with Crippen molar-refractivity contribution in [3.05, 3.63) is 51.7 Å². The normalized spacial score (nSPS) is 10.8. The zero-order valence-corrected chi connectivity index (χ0v) is 19.2. The second kappa shape index (κ2) is 9.44. The van der Waals surface area contributed by atoms with Crippen molar-refractivity contribution >= 4 is 40.0 Å². The van der Waals surface area contributed by atoms with Gasteiger partial charge < -0.3 is 10.1 Å². The lowest BCUT2D eigenvalue weighted by Crippen LogP contribution is -2.16. The molecule has 0 fully saturated rings. The predicted molar refractivity (Wildman–Crippen MR) is 120 cm³/mol. The van der Waals surface area contributed by atoms with Crippen LogP contribution in [0.1, 0.15) is 38.8 Å². The second-order valence-electron chi connectivity index (χ2n) is 6.82. The summed E-state index contributed by atoms with van der Waals surface area (Å²) in [5.41, 5.74) is 4.51. The number of amides is 1. The first-order valence-electron chi connectivity index (χ1n) is 9.49. The first-order valence-corrected chi connectivity index (χ1v) is 11.3. The minimum absolute atomic E-state index is 0.141. The zero-order valence-electron chi connectivity index (χ0n) is 17.6. The minimum Gasteiger partial charge on any atom is -0.462 e. The molecule has 0 saturated carbocycles. The number of anilines is 1. The summed E-state index contributed by atoms with van der Waals surface area (Å²) in [5.74, 6) is -0.499. The molecule has 2 aromatic heterocycles. The number of rotatable bonds is 7. The van der Waals surface area contributed by atoms with Crippen molar-refractivity contribution in [3.8, 4) is 5.69 Å². The molecule has 158 valence electrons. The van der Waals surface area contributed by atoms with Gasteiger partial charge in [0.15, 0.2) is 5.16 Å². The fourth-order valence-corrected chi connectivity index (χ4v) is 4.81. The number of esters is 1. The highest BCUT2D eigenvalue weighted by atomic mass is 32.2. The van der Waals surface area contributed by atoms with Gasteiger partial charge in [0.25, 0.3) is 0 Å². The Hall–Kier alpha value is -2.65. The van der Waals surface area contributed by atoms with Crippen molar-refractivity contribution < 1.29 is 14.3 Å². The van der Waals surface area contributed by atoms with E-state index in [0.29, 0.717) is 15.7 Å². The Morgan fingerprint density at radius 3 is 2.70 bits per heavy atom. The first kappa shape index (κ1) is 22.0. The summed E-state index contributed by atoms with van der Waals surface area (Å²) >= 11 is 2.67. The van der Waals surface area contributed by atoms with E-state index in [-0.39, 0.29) is 18.3 Å². The summed E-state index contributed by atoms with van der Waals surface area (Å²) in [6.07, 6.45) is 1.64. The smallest absolute Gasteiger partial charge is 0.341 e. The van der Waals surface area contributed by atoms with Crippen molar-refractivity contribution in [3.63, 3.8) is 0 Å². The Morgan fingerprint density at radius 1 is 1.23 bits per heavy atom. The van der Waals surface area contributed by atoms with Crippen LogP contribution in [0.4, 0.5) is 5.00 Å². The van der Waals surface area contributed by atoms with Gasteiger partial charge in [-0.25, -0.2) is 4.79 Å². The van der Waals surface area contributed by atoms with E-state index in [1.165, 1.54) is 28.7 Å². The maximum absolute atomic E-state index is 12.6. The fourth-order valence-electron chi connectivity index (χ4n) is 3.02. The quantitative estimate of drug-likeness (QED) is 0.427. The fraction of sp³-hybridized carbons (Fsp3) is 0.333. The zero-order chi connectivity index (χ0) is 21.8. The summed E-state index contributed by atoms with van der Waals surface area (Å²) in [6, 6.07) is 6.14. The van der Waals surface area contributed by atoms with Crippen molar-refractivity contribution in [2.45, 2.75) is 39.8 Å². The summed E-state index contributed by atoms with van der Waals surface area (Å²) in [7, 11) is 0. The number of hydrogen-bond donors (Lipinski definition) is 1. The van der Waals surface area contributed by atoms with Crippen molar-refractivity contribution in [1.82, 2.24) is 14.8 Å². The van der Waals surface area contributed by atoms with E-state index in [9.17, 15) is 9.59 Å². The molecule has 0 bridgehead atoms.